The summed E-state index contributed by atoms with van der Waals surface area (Å²) in [6.45, 7) is 1.77. The molecule has 16 heavy (non-hydrogen) atoms. The van der Waals surface area contributed by atoms with Gasteiger partial charge >= 0.3 is 0 Å². The van der Waals surface area contributed by atoms with E-state index in [0.29, 0.717) is 12.0 Å². The first-order valence-electron chi connectivity index (χ1n) is 4.89. The Hall–Kier alpha value is -1.33. The van der Waals surface area contributed by atoms with Gasteiger partial charge in [-0.05, 0) is 30.7 Å². The zero-order valence-corrected chi connectivity index (χ0v) is 9.64. The van der Waals surface area contributed by atoms with E-state index in [1.807, 2.05) is 23.6 Å². The van der Waals surface area contributed by atoms with Crippen LogP contribution in [0.4, 0.5) is 4.79 Å². The maximum atomic E-state index is 12.1. The molecule has 5 heteroatoms. The van der Waals surface area contributed by atoms with Crippen molar-refractivity contribution in [1.82, 2.24) is 5.43 Å². The Bertz CT molecular complexity index is 461. The molecule has 84 valence electrons. The van der Waals surface area contributed by atoms with Gasteiger partial charge in [-0.25, -0.2) is 5.84 Å². The fourth-order valence-corrected chi connectivity index (χ4v) is 2.84. The first-order valence-corrected chi connectivity index (χ1v) is 5.71. The third kappa shape index (κ3) is 1.72. The molecule has 0 fully saturated rings. The van der Waals surface area contributed by atoms with Crippen LogP contribution in [0.2, 0.25) is 0 Å². The van der Waals surface area contributed by atoms with E-state index in [4.69, 9.17) is 5.84 Å². The minimum atomic E-state index is -0.729. The number of hydrogen-bond acceptors (Lipinski definition) is 4. The number of carbonyl (C=O) groups excluding carboxylic acids is 2. The Morgan fingerprint density at radius 2 is 2.19 bits per heavy atom. The number of carbonyl (C=O) groups is 2. The number of nitrogens with one attached hydrogen (secondary N) is 1. The normalized spacial score (nSPS) is 23.0. The maximum Gasteiger partial charge on any atom is 0.293 e. The number of amides is 1. The van der Waals surface area contributed by atoms with Crippen molar-refractivity contribution < 1.29 is 9.59 Å². The summed E-state index contributed by atoms with van der Waals surface area (Å²) in [7, 11) is 0. The second-order valence-electron chi connectivity index (χ2n) is 3.93. The van der Waals surface area contributed by atoms with Gasteiger partial charge in [-0.1, -0.05) is 24.3 Å². The summed E-state index contributed by atoms with van der Waals surface area (Å²) in [5.41, 5.74) is 3.74. The molecule has 0 aliphatic heterocycles. The fourth-order valence-electron chi connectivity index (χ4n) is 1.94. The Morgan fingerprint density at radius 3 is 2.81 bits per heavy atom. The molecule has 0 spiro atoms. The summed E-state index contributed by atoms with van der Waals surface area (Å²) in [4.78, 5) is 23.4. The second kappa shape index (κ2) is 3.92. The molecule has 0 saturated carbocycles. The van der Waals surface area contributed by atoms with Gasteiger partial charge in [-0.15, -0.1) is 0 Å². The van der Waals surface area contributed by atoms with Crippen molar-refractivity contribution >= 4 is 22.8 Å². The van der Waals surface area contributed by atoms with Crippen LogP contribution in [0.5, 0.6) is 0 Å². The second-order valence-corrected chi connectivity index (χ2v) is 5.40. The minimum absolute atomic E-state index is 0.00306. The molecule has 0 bridgehead atoms. The average molecular weight is 236 g/mol. The highest BCUT2D eigenvalue weighted by atomic mass is 32.2. The van der Waals surface area contributed by atoms with Crippen molar-refractivity contribution in [2.45, 2.75) is 18.1 Å². The van der Waals surface area contributed by atoms with E-state index in [9.17, 15) is 9.59 Å². The lowest BCUT2D eigenvalue weighted by molar-refractivity contribution is 0.0965. The third-order valence-electron chi connectivity index (χ3n) is 2.71. The number of hydrazine groups is 1. The smallest absolute Gasteiger partial charge is 0.293 e. The zero-order chi connectivity index (χ0) is 11.8. The Labute approximate surface area is 97.6 Å². The van der Waals surface area contributed by atoms with Gasteiger partial charge in [0.2, 0.25) is 0 Å². The summed E-state index contributed by atoms with van der Waals surface area (Å²) in [5, 5.41) is -0.386. The molecule has 1 aliphatic carbocycles. The molecule has 1 aliphatic rings. The zero-order valence-electron chi connectivity index (χ0n) is 8.82. The lowest BCUT2D eigenvalue weighted by Crippen LogP contribution is -2.35. The monoisotopic (exact) mass is 236 g/mol. The van der Waals surface area contributed by atoms with E-state index in [-0.39, 0.29) is 11.0 Å². The number of thioether (sulfide) groups is 1. The van der Waals surface area contributed by atoms with E-state index < -0.39 is 4.75 Å². The molecule has 4 nitrogen and oxygen atoms in total. The van der Waals surface area contributed by atoms with Gasteiger partial charge in [0.15, 0.2) is 5.78 Å². The Morgan fingerprint density at radius 1 is 1.50 bits per heavy atom. The molecular formula is C11H12N2O2S. The Kier molecular flexibility index (Phi) is 2.73. The van der Waals surface area contributed by atoms with Gasteiger partial charge in [0.1, 0.15) is 0 Å². The van der Waals surface area contributed by atoms with Crippen LogP contribution in [-0.4, -0.2) is 15.8 Å². The fraction of sp³-hybridized carbons (Fsp3) is 0.273. The average Bonchev–Trinajstić information content (AvgIpc) is 2.52. The highest BCUT2D eigenvalue weighted by molar-refractivity contribution is 8.15. The number of Topliss-reactive ketones (excluding diaryl/α,β-unsaturated/α-hetero) is 1. The quantitative estimate of drug-likeness (QED) is 0.440. The molecule has 0 heterocycles. The standard InChI is InChI=1S/C11H12N2O2S/c1-11(16-10(15)13-12)6-7-4-2-3-5-8(7)9(11)14/h2-5H,6,12H2,1H3,(H,13,15). The molecule has 1 aromatic carbocycles. The van der Waals surface area contributed by atoms with E-state index in [1.165, 1.54) is 0 Å². The molecule has 1 aromatic rings. The highest BCUT2D eigenvalue weighted by Crippen LogP contribution is 2.39. The number of hydrogen-bond donors (Lipinski definition) is 2. The Balaban J connectivity index is 2.30. The van der Waals surface area contributed by atoms with Gasteiger partial charge in [-0.3, -0.25) is 15.0 Å². The van der Waals surface area contributed by atoms with Gasteiger partial charge < -0.3 is 0 Å². The van der Waals surface area contributed by atoms with Gasteiger partial charge in [0, 0.05) is 5.56 Å². The van der Waals surface area contributed by atoms with Crippen LogP contribution in [0.25, 0.3) is 0 Å². The summed E-state index contributed by atoms with van der Waals surface area (Å²) >= 11 is 0.950. The summed E-state index contributed by atoms with van der Waals surface area (Å²) in [5.74, 6) is 5.02. The molecule has 0 aromatic heterocycles. The maximum absolute atomic E-state index is 12.1. The molecule has 0 radical (unpaired) electrons. The molecule has 1 amide bonds. The van der Waals surface area contributed by atoms with E-state index in [2.05, 4.69) is 0 Å². The predicted molar refractivity (Wildman–Crippen MR) is 63.2 cm³/mol. The van der Waals surface area contributed by atoms with Crippen molar-refractivity contribution in [3.05, 3.63) is 35.4 Å². The third-order valence-corrected chi connectivity index (χ3v) is 3.79. The molecule has 0 saturated heterocycles. The van der Waals surface area contributed by atoms with Gasteiger partial charge in [0.05, 0.1) is 4.75 Å². The van der Waals surface area contributed by atoms with E-state index in [0.717, 1.165) is 17.3 Å². The first kappa shape index (κ1) is 11.2. The highest BCUT2D eigenvalue weighted by Gasteiger charge is 2.43. The van der Waals surface area contributed by atoms with Crippen LogP contribution in [0.15, 0.2) is 24.3 Å². The van der Waals surface area contributed by atoms with Crippen LogP contribution in [0.1, 0.15) is 22.8 Å². The molecule has 2 rings (SSSR count). The van der Waals surface area contributed by atoms with Crippen LogP contribution in [-0.2, 0) is 6.42 Å². The number of ketones is 1. The van der Waals surface area contributed by atoms with E-state index >= 15 is 0 Å². The largest absolute Gasteiger partial charge is 0.293 e. The number of nitrogens with two attached hydrogens (primary N) is 1. The predicted octanol–water partition coefficient (Wildman–Crippen LogP) is 1.50. The van der Waals surface area contributed by atoms with Gasteiger partial charge in [-0.2, -0.15) is 0 Å². The topological polar surface area (TPSA) is 72.2 Å². The lowest BCUT2D eigenvalue weighted by Gasteiger charge is -2.19. The molecule has 1 atom stereocenters. The van der Waals surface area contributed by atoms with Crippen molar-refractivity contribution in [2.24, 2.45) is 5.84 Å². The number of benzene rings is 1. The van der Waals surface area contributed by atoms with Crippen LogP contribution in [0.3, 0.4) is 0 Å². The van der Waals surface area contributed by atoms with Crippen LogP contribution in [0, 0.1) is 0 Å². The lowest BCUT2D eigenvalue weighted by atomic mass is 10.1. The molecular weight excluding hydrogens is 224 g/mol. The first-order chi connectivity index (χ1) is 7.57. The summed E-state index contributed by atoms with van der Waals surface area (Å²) < 4.78 is -0.729. The number of fused-ring (bicyclic) bond motifs is 1. The van der Waals surface area contributed by atoms with Crippen molar-refractivity contribution in [3.63, 3.8) is 0 Å². The van der Waals surface area contributed by atoms with Crippen LogP contribution >= 0.6 is 11.8 Å². The van der Waals surface area contributed by atoms with Crippen molar-refractivity contribution in [2.75, 3.05) is 0 Å². The summed E-state index contributed by atoms with van der Waals surface area (Å²) in [6, 6.07) is 7.44. The number of rotatable bonds is 1. The molecule has 3 N–H and O–H groups in total. The van der Waals surface area contributed by atoms with E-state index in [1.54, 1.807) is 13.0 Å². The summed E-state index contributed by atoms with van der Waals surface area (Å²) in [6.07, 6.45) is 0.570. The van der Waals surface area contributed by atoms with Crippen molar-refractivity contribution in [3.8, 4) is 0 Å². The molecule has 1 unspecified atom stereocenters. The van der Waals surface area contributed by atoms with Crippen LogP contribution < -0.4 is 11.3 Å². The van der Waals surface area contributed by atoms with Gasteiger partial charge in [0.25, 0.3) is 5.24 Å². The minimum Gasteiger partial charge on any atom is -0.293 e. The SMILES string of the molecule is CC1(SC(=O)NN)Cc2ccccc2C1=O. The van der Waals surface area contributed by atoms with Crippen molar-refractivity contribution in [1.29, 1.82) is 0 Å².